The summed E-state index contributed by atoms with van der Waals surface area (Å²) in [7, 11) is 0. The SMILES string of the molecule is CC1CCCCN1c1ccnc(Br)c1. The van der Waals surface area contributed by atoms with Crippen molar-refractivity contribution in [2.45, 2.75) is 32.2 Å². The molecule has 0 radical (unpaired) electrons. The Balaban J connectivity index is 2.20. The Labute approximate surface area is 93.5 Å². The highest BCUT2D eigenvalue weighted by molar-refractivity contribution is 9.10. The maximum Gasteiger partial charge on any atom is 0.108 e. The van der Waals surface area contributed by atoms with Crippen molar-refractivity contribution in [3.63, 3.8) is 0 Å². The minimum atomic E-state index is 0.665. The van der Waals surface area contributed by atoms with E-state index in [-0.39, 0.29) is 0 Å². The summed E-state index contributed by atoms with van der Waals surface area (Å²) in [4.78, 5) is 6.62. The van der Waals surface area contributed by atoms with Gasteiger partial charge >= 0.3 is 0 Å². The Morgan fingerprint density at radius 1 is 1.50 bits per heavy atom. The van der Waals surface area contributed by atoms with Crippen molar-refractivity contribution in [1.29, 1.82) is 0 Å². The van der Waals surface area contributed by atoms with Crippen LogP contribution >= 0.6 is 15.9 Å². The predicted molar refractivity (Wildman–Crippen MR) is 62.6 cm³/mol. The Kier molecular flexibility index (Phi) is 3.06. The zero-order valence-electron chi connectivity index (χ0n) is 8.41. The summed E-state index contributed by atoms with van der Waals surface area (Å²) in [6.45, 7) is 3.48. The van der Waals surface area contributed by atoms with Crippen LogP contribution in [0.25, 0.3) is 0 Å². The van der Waals surface area contributed by atoms with Crippen molar-refractivity contribution < 1.29 is 0 Å². The van der Waals surface area contributed by atoms with Crippen LogP contribution < -0.4 is 4.90 Å². The Morgan fingerprint density at radius 3 is 3.07 bits per heavy atom. The molecule has 1 unspecified atom stereocenters. The second-order valence-corrected chi connectivity index (χ2v) is 4.69. The van der Waals surface area contributed by atoms with Crippen LogP contribution in [0.1, 0.15) is 26.2 Å². The van der Waals surface area contributed by atoms with Gasteiger partial charge in [0, 0.05) is 24.5 Å². The number of pyridine rings is 1. The van der Waals surface area contributed by atoms with E-state index in [4.69, 9.17) is 0 Å². The molecule has 1 aromatic heterocycles. The minimum absolute atomic E-state index is 0.665. The molecule has 2 heterocycles. The number of hydrogen-bond acceptors (Lipinski definition) is 2. The average molecular weight is 255 g/mol. The van der Waals surface area contributed by atoms with Gasteiger partial charge in [-0.15, -0.1) is 0 Å². The summed E-state index contributed by atoms with van der Waals surface area (Å²) in [5, 5.41) is 0. The molecule has 3 heteroatoms. The first-order chi connectivity index (χ1) is 6.77. The van der Waals surface area contributed by atoms with Crippen molar-refractivity contribution in [2.75, 3.05) is 11.4 Å². The van der Waals surface area contributed by atoms with E-state index in [1.807, 2.05) is 6.20 Å². The maximum atomic E-state index is 4.15. The smallest absolute Gasteiger partial charge is 0.108 e. The van der Waals surface area contributed by atoms with Gasteiger partial charge in [-0.1, -0.05) is 0 Å². The van der Waals surface area contributed by atoms with E-state index in [2.05, 4.69) is 44.9 Å². The van der Waals surface area contributed by atoms with Gasteiger partial charge < -0.3 is 4.90 Å². The summed E-state index contributed by atoms with van der Waals surface area (Å²) >= 11 is 3.41. The van der Waals surface area contributed by atoms with Gasteiger partial charge in [0.05, 0.1) is 0 Å². The lowest BCUT2D eigenvalue weighted by Gasteiger charge is -2.35. The topological polar surface area (TPSA) is 16.1 Å². The van der Waals surface area contributed by atoms with E-state index >= 15 is 0 Å². The van der Waals surface area contributed by atoms with E-state index in [1.54, 1.807) is 0 Å². The molecule has 0 saturated carbocycles. The molecule has 1 aliphatic heterocycles. The van der Waals surface area contributed by atoms with Gasteiger partial charge in [0.15, 0.2) is 0 Å². The van der Waals surface area contributed by atoms with Crippen LogP contribution in [0.3, 0.4) is 0 Å². The van der Waals surface area contributed by atoms with Crippen LogP contribution in [0.4, 0.5) is 5.69 Å². The van der Waals surface area contributed by atoms with Crippen molar-refractivity contribution in [1.82, 2.24) is 4.98 Å². The van der Waals surface area contributed by atoms with Crippen LogP contribution in [0.2, 0.25) is 0 Å². The summed E-state index contributed by atoms with van der Waals surface area (Å²) in [5.74, 6) is 0. The third kappa shape index (κ3) is 2.08. The molecule has 0 aromatic carbocycles. The Morgan fingerprint density at radius 2 is 2.36 bits per heavy atom. The van der Waals surface area contributed by atoms with E-state index in [0.717, 1.165) is 4.60 Å². The van der Waals surface area contributed by atoms with Crippen molar-refractivity contribution >= 4 is 21.6 Å². The van der Waals surface area contributed by atoms with Gasteiger partial charge in [-0.05, 0) is 54.2 Å². The van der Waals surface area contributed by atoms with Crippen LogP contribution in [-0.4, -0.2) is 17.6 Å². The molecular weight excluding hydrogens is 240 g/mol. The average Bonchev–Trinajstić information content (AvgIpc) is 2.18. The summed E-state index contributed by atoms with van der Waals surface area (Å²) in [6.07, 6.45) is 5.84. The fourth-order valence-corrected chi connectivity index (χ4v) is 2.41. The number of hydrogen-bond donors (Lipinski definition) is 0. The normalized spacial score (nSPS) is 22.4. The lowest BCUT2D eigenvalue weighted by Crippen LogP contribution is -2.37. The molecule has 0 N–H and O–H groups in total. The molecule has 1 atom stereocenters. The van der Waals surface area contributed by atoms with Crippen molar-refractivity contribution in [2.24, 2.45) is 0 Å². The maximum absolute atomic E-state index is 4.15. The fraction of sp³-hybridized carbons (Fsp3) is 0.545. The number of anilines is 1. The predicted octanol–water partition coefficient (Wildman–Crippen LogP) is 3.22. The molecule has 0 amide bonds. The number of halogens is 1. The van der Waals surface area contributed by atoms with Gasteiger partial charge in [-0.3, -0.25) is 0 Å². The van der Waals surface area contributed by atoms with Gasteiger partial charge in [0.2, 0.25) is 0 Å². The molecule has 14 heavy (non-hydrogen) atoms. The quantitative estimate of drug-likeness (QED) is 0.716. The zero-order valence-corrected chi connectivity index (χ0v) is 10.00. The number of aromatic nitrogens is 1. The Bertz CT molecular complexity index is 314. The fourth-order valence-electron chi connectivity index (χ4n) is 2.05. The van der Waals surface area contributed by atoms with Gasteiger partial charge in [-0.25, -0.2) is 4.98 Å². The third-order valence-electron chi connectivity index (χ3n) is 2.84. The highest BCUT2D eigenvalue weighted by Gasteiger charge is 2.18. The second-order valence-electron chi connectivity index (χ2n) is 3.87. The van der Waals surface area contributed by atoms with Gasteiger partial charge in [-0.2, -0.15) is 0 Å². The van der Waals surface area contributed by atoms with E-state index in [0.29, 0.717) is 6.04 Å². The number of rotatable bonds is 1. The molecule has 0 bridgehead atoms. The summed E-state index contributed by atoms with van der Waals surface area (Å²) in [6, 6.07) is 4.85. The third-order valence-corrected chi connectivity index (χ3v) is 3.28. The van der Waals surface area contributed by atoms with E-state index in [9.17, 15) is 0 Å². The number of piperidine rings is 1. The van der Waals surface area contributed by atoms with Crippen LogP contribution in [0.5, 0.6) is 0 Å². The molecule has 1 aromatic rings. The molecule has 1 fully saturated rings. The van der Waals surface area contributed by atoms with Crippen molar-refractivity contribution in [3.8, 4) is 0 Å². The largest absolute Gasteiger partial charge is 0.369 e. The second kappa shape index (κ2) is 4.30. The molecule has 0 spiro atoms. The monoisotopic (exact) mass is 254 g/mol. The first kappa shape index (κ1) is 9.97. The lowest BCUT2D eigenvalue weighted by atomic mass is 10.0. The molecular formula is C11H15BrN2. The number of nitrogens with zero attached hydrogens (tertiary/aromatic N) is 2. The highest BCUT2D eigenvalue weighted by atomic mass is 79.9. The van der Waals surface area contributed by atoms with Gasteiger partial charge in [0.25, 0.3) is 0 Å². The highest BCUT2D eigenvalue weighted by Crippen LogP contribution is 2.25. The molecule has 1 saturated heterocycles. The summed E-state index contributed by atoms with van der Waals surface area (Å²) < 4.78 is 0.924. The van der Waals surface area contributed by atoms with E-state index in [1.165, 1.54) is 31.5 Å². The molecule has 2 nitrogen and oxygen atoms in total. The molecule has 0 aliphatic carbocycles. The minimum Gasteiger partial charge on any atom is -0.369 e. The summed E-state index contributed by atoms with van der Waals surface area (Å²) in [5.41, 5.74) is 1.29. The first-order valence-electron chi connectivity index (χ1n) is 5.15. The van der Waals surface area contributed by atoms with Crippen LogP contribution in [-0.2, 0) is 0 Å². The van der Waals surface area contributed by atoms with Crippen LogP contribution in [0, 0.1) is 0 Å². The Hall–Kier alpha value is -0.570. The van der Waals surface area contributed by atoms with E-state index < -0.39 is 0 Å². The molecule has 1 aliphatic rings. The zero-order chi connectivity index (χ0) is 9.97. The molecule has 2 rings (SSSR count). The molecule has 76 valence electrons. The standard InChI is InChI=1S/C11H15BrN2/c1-9-4-2-3-7-14(9)10-5-6-13-11(12)8-10/h5-6,8-9H,2-4,7H2,1H3. The van der Waals surface area contributed by atoms with Gasteiger partial charge in [0.1, 0.15) is 4.60 Å². The van der Waals surface area contributed by atoms with Crippen molar-refractivity contribution in [3.05, 3.63) is 22.9 Å². The van der Waals surface area contributed by atoms with Crippen LogP contribution in [0.15, 0.2) is 22.9 Å². The lowest BCUT2D eigenvalue weighted by molar-refractivity contribution is 0.484. The first-order valence-corrected chi connectivity index (χ1v) is 5.95.